The molecule has 1 aromatic heterocycles. The Morgan fingerprint density at radius 1 is 1.62 bits per heavy atom. The first kappa shape index (κ1) is 14.0. The van der Waals surface area contributed by atoms with Gasteiger partial charge in [0.15, 0.2) is 0 Å². The molecule has 1 atom stereocenters. The zero-order chi connectivity index (χ0) is 10.7. The van der Waals surface area contributed by atoms with Crippen LogP contribution in [-0.4, -0.2) is 19.0 Å². The molecule has 3 nitrogen and oxygen atoms in total. The van der Waals surface area contributed by atoms with E-state index in [0.717, 1.165) is 23.3 Å². The predicted molar refractivity (Wildman–Crippen MR) is 72.1 cm³/mol. The van der Waals surface area contributed by atoms with Crippen molar-refractivity contribution in [3.63, 3.8) is 0 Å². The van der Waals surface area contributed by atoms with Gasteiger partial charge in [-0.25, -0.2) is 0 Å². The zero-order valence-electron chi connectivity index (χ0n) is 8.66. The lowest BCUT2D eigenvalue weighted by molar-refractivity contribution is -0.124. The summed E-state index contributed by atoms with van der Waals surface area (Å²) in [6.07, 6.45) is 0.958. The van der Waals surface area contributed by atoms with Gasteiger partial charge >= 0.3 is 0 Å². The van der Waals surface area contributed by atoms with E-state index in [4.69, 9.17) is 0 Å². The largest absolute Gasteiger partial charge is 0.351 e. The molecule has 2 N–H and O–H groups in total. The van der Waals surface area contributed by atoms with Gasteiger partial charge in [-0.05, 0) is 41.0 Å². The highest BCUT2D eigenvalue weighted by atomic mass is 79.9. The van der Waals surface area contributed by atoms with Crippen LogP contribution in [0.1, 0.15) is 11.3 Å². The summed E-state index contributed by atoms with van der Waals surface area (Å²) < 4.78 is 1.11. The topological polar surface area (TPSA) is 41.1 Å². The Bertz CT molecular complexity index is 352. The minimum absolute atomic E-state index is 0. The number of amides is 1. The van der Waals surface area contributed by atoms with Gasteiger partial charge in [0.05, 0.1) is 16.2 Å². The van der Waals surface area contributed by atoms with E-state index in [1.807, 2.05) is 12.1 Å². The van der Waals surface area contributed by atoms with Crippen molar-refractivity contribution in [3.05, 3.63) is 20.8 Å². The van der Waals surface area contributed by atoms with Crippen molar-refractivity contribution >= 4 is 45.6 Å². The molecule has 1 unspecified atom stereocenters. The van der Waals surface area contributed by atoms with E-state index in [1.54, 1.807) is 11.3 Å². The number of nitrogens with one attached hydrogen (secondary N) is 2. The number of thiophene rings is 1. The molecule has 1 aliphatic heterocycles. The molecule has 0 spiro atoms. The standard InChI is InChI=1S/C10H13BrN2OS.ClH/c11-9-2-1-8(15-9)6-13-10(14)7-3-4-12-5-7;/h1-2,7,12H,3-6H2,(H,13,14);1H. The van der Waals surface area contributed by atoms with E-state index >= 15 is 0 Å². The lowest BCUT2D eigenvalue weighted by Gasteiger charge is -2.08. The summed E-state index contributed by atoms with van der Waals surface area (Å²) in [6, 6.07) is 4.03. The second-order valence-corrected chi connectivity index (χ2v) is 6.16. The molecule has 0 saturated carbocycles. The fraction of sp³-hybridized carbons (Fsp3) is 0.500. The van der Waals surface area contributed by atoms with Gasteiger partial charge in [-0.3, -0.25) is 4.79 Å². The molecule has 0 aliphatic carbocycles. The van der Waals surface area contributed by atoms with Gasteiger partial charge in [-0.15, -0.1) is 23.7 Å². The van der Waals surface area contributed by atoms with Crippen LogP contribution in [0.15, 0.2) is 15.9 Å². The first-order chi connectivity index (χ1) is 7.25. The Balaban J connectivity index is 0.00000128. The average Bonchev–Trinajstić information content (AvgIpc) is 2.84. The minimum Gasteiger partial charge on any atom is -0.351 e. The molecular weight excluding hydrogens is 312 g/mol. The summed E-state index contributed by atoms with van der Waals surface area (Å²) in [5.74, 6) is 0.331. The summed E-state index contributed by atoms with van der Waals surface area (Å²) >= 11 is 5.06. The summed E-state index contributed by atoms with van der Waals surface area (Å²) in [4.78, 5) is 12.8. The van der Waals surface area contributed by atoms with Gasteiger partial charge in [-0.1, -0.05) is 0 Å². The van der Waals surface area contributed by atoms with Crippen molar-refractivity contribution in [2.75, 3.05) is 13.1 Å². The van der Waals surface area contributed by atoms with Gasteiger partial charge in [-0.2, -0.15) is 0 Å². The second kappa shape index (κ2) is 6.59. The predicted octanol–water partition coefficient (Wildman–Crippen LogP) is 2.16. The van der Waals surface area contributed by atoms with Gasteiger partial charge in [0.2, 0.25) is 5.91 Å². The Labute approximate surface area is 114 Å². The number of carbonyl (C=O) groups excluding carboxylic acids is 1. The molecule has 0 bridgehead atoms. The van der Waals surface area contributed by atoms with Crippen molar-refractivity contribution in [1.29, 1.82) is 0 Å². The molecule has 1 fully saturated rings. The Morgan fingerprint density at radius 3 is 3.00 bits per heavy atom. The molecule has 0 aromatic carbocycles. The van der Waals surface area contributed by atoms with Crippen LogP contribution in [0.5, 0.6) is 0 Å². The van der Waals surface area contributed by atoms with E-state index in [9.17, 15) is 4.79 Å². The van der Waals surface area contributed by atoms with Gasteiger partial charge < -0.3 is 10.6 Å². The summed E-state index contributed by atoms with van der Waals surface area (Å²) in [5.41, 5.74) is 0. The molecular formula is C10H14BrClN2OS. The smallest absolute Gasteiger partial charge is 0.224 e. The summed E-state index contributed by atoms with van der Waals surface area (Å²) in [6.45, 7) is 2.42. The van der Waals surface area contributed by atoms with Crippen molar-refractivity contribution in [2.45, 2.75) is 13.0 Å². The van der Waals surface area contributed by atoms with Gasteiger partial charge in [0.1, 0.15) is 0 Å². The van der Waals surface area contributed by atoms with E-state index < -0.39 is 0 Å². The molecule has 2 rings (SSSR count). The lowest BCUT2D eigenvalue weighted by atomic mass is 10.1. The summed E-state index contributed by atoms with van der Waals surface area (Å²) in [7, 11) is 0. The van der Waals surface area contributed by atoms with Gasteiger partial charge in [0.25, 0.3) is 0 Å². The molecule has 1 aliphatic rings. The highest BCUT2D eigenvalue weighted by Gasteiger charge is 2.21. The lowest BCUT2D eigenvalue weighted by Crippen LogP contribution is -2.31. The molecule has 1 amide bonds. The highest BCUT2D eigenvalue weighted by molar-refractivity contribution is 9.11. The van der Waals surface area contributed by atoms with Crippen molar-refractivity contribution in [3.8, 4) is 0 Å². The Kier molecular flexibility index (Phi) is 5.75. The number of rotatable bonds is 3. The minimum atomic E-state index is 0. The van der Waals surface area contributed by atoms with Crippen molar-refractivity contribution in [1.82, 2.24) is 10.6 Å². The molecule has 6 heteroatoms. The summed E-state index contributed by atoms with van der Waals surface area (Å²) in [5, 5.41) is 6.15. The third kappa shape index (κ3) is 3.73. The normalized spacial score (nSPS) is 19.2. The molecule has 1 aromatic rings. The monoisotopic (exact) mass is 324 g/mol. The SMILES string of the molecule is Cl.O=C(NCc1ccc(Br)s1)C1CCNC1. The Morgan fingerprint density at radius 2 is 2.44 bits per heavy atom. The van der Waals surface area contributed by atoms with Crippen LogP contribution < -0.4 is 10.6 Å². The number of halogens is 2. The van der Waals surface area contributed by atoms with Crippen LogP contribution in [0.25, 0.3) is 0 Å². The van der Waals surface area contributed by atoms with Crippen LogP contribution in [0, 0.1) is 5.92 Å². The van der Waals surface area contributed by atoms with Crippen LogP contribution in [0.3, 0.4) is 0 Å². The molecule has 1 saturated heterocycles. The van der Waals surface area contributed by atoms with Crippen LogP contribution >= 0.6 is 39.7 Å². The molecule has 0 radical (unpaired) electrons. The van der Waals surface area contributed by atoms with Gasteiger partial charge in [0, 0.05) is 11.4 Å². The van der Waals surface area contributed by atoms with Crippen LogP contribution in [-0.2, 0) is 11.3 Å². The Hall–Kier alpha value is -0.100. The maximum absolute atomic E-state index is 11.7. The fourth-order valence-electron chi connectivity index (χ4n) is 1.64. The number of hydrogen-bond donors (Lipinski definition) is 2. The zero-order valence-corrected chi connectivity index (χ0v) is 11.9. The third-order valence-corrected chi connectivity index (χ3v) is 4.12. The average molecular weight is 326 g/mol. The first-order valence-corrected chi connectivity index (χ1v) is 6.59. The van der Waals surface area contributed by atoms with Crippen molar-refractivity contribution < 1.29 is 4.79 Å². The quantitative estimate of drug-likeness (QED) is 0.894. The van der Waals surface area contributed by atoms with E-state index in [-0.39, 0.29) is 24.2 Å². The van der Waals surface area contributed by atoms with Crippen molar-refractivity contribution in [2.24, 2.45) is 5.92 Å². The maximum atomic E-state index is 11.7. The van der Waals surface area contributed by atoms with E-state index in [1.165, 1.54) is 4.88 Å². The second-order valence-electron chi connectivity index (χ2n) is 3.61. The maximum Gasteiger partial charge on any atom is 0.224 e. The number of carbonyl (C=O) groups is 1. The fourth-order valence-corrected chi connectivity index (χ4v) is 3.07. The third-order valence-electron chi connectivity index (χ3n) is 2.50. The molecule has 90 valence electrons. The molecule has 16 heavy (non-hydrogen) atoms. The van der Waals surface area contributed by atoms with E-state index in [2.05, 4.69) is 26.6 Å². The number of hydrogen-bond acceptors (Lipinski definition) is 3. The molecule has 2 heterocycles. The first-order valence-electron chi connectivity index (χ1n) is 4.98. The van der Waals surface area contributed by atoms with Crippen LogP contribution in [0.2, 0.25) is 0 Å². The highest BCUT2D eigenvalue weighted by Crippen LogP contribution is 2.21. The van der Waals surface area contributed by atoms with E-state index in [0.29, 0.717) is 6.54 Å². The van der Waals surface area contributed by atoms with Crippen LogP contribution in [0.4, 0.5) is 0 Å².